The zero-order valence-corrected chi connectivity index (χ0v) is 28.7. The normalized spacial score (nSPS) is 9.21. The SMILES string of the molecule is CC(C)C.CC(C)O.CCC(C)C.CCO.CCS.CCc1c[nH]c2ccccc12.CCc1ccc(C)cc1. The number of benzene rings is 2. The second-order valence-corrected chi connectivity index (χ2v) is 10.9. The van der Waals surface area contributed by atoms with Crippen molar-refractivity contribution >= 4 is 23.5 Å². The molecule has 0 radical (unpaired) electrons. The van der Waals surface area contributed by atoms with E-state index in [9.17, 15) is 0 Å². The minimum atomic E-state index is -0.167. The van der Waals surface area contributed by atoms with Crippen LogP contribution in [0.5, 0.6) is 0 Å². The van der Waals surface area contributed by atoms with Crippen molar-refractivity contribution in [2.24, 2.45) is 11.8 Å². The van der Waals surface area contributed by atoms with Gasteiger partial charge >= 0.3 is 0 Å². The van der Waals surface area contributed by atoms with Gasteiger partial charge in [-0.2, -0.15) is 12.6 Å². The topological polar surface area (TPSA) is 56.2 Å². The number of thiol groups is 1. The summed E-state index contributed by atoms with van der Waals surface area (Å²) in [5.41, 5.74) is 5.40. The zero-order valence-electron chi connectivity index (χ0n) is 27.8. The molecule has 0 unspecified atom stereocenters. The van der Waals surface area contributed by atoms with Gasteiger partial charge in [0.1, 0.15) is 0 Å². The molecule has 0 amide bonds. The maximum Gasteiger partial charge on any atom is 0.0483 e. The van der Waals surface area contributed by atoms with Crippen molar-refractivity contribution < 1.29 is 10.2 Å². The first-order valence-electron chi connectivity index (χ1n) is 14.8. The Morgan fingerprint density at radius 1 is 0.769 bits per heavy atom. The van der Waals surface area contributed by atoms with Crippen LogP contribution in [0.4, 0.5) is 0 Å². The number of aliphatic hydroxyl groups is 2. The van der Waals surface area contributed by atoms with Gasteiger partial charge in [-0.05, 0) is 75.3 Å². The molecule has 0 aliphatic heterocycles. The van der Waals surface area contributed by atoms with Crippen LogP contribution in [-0.2, 0) is 12.8 Å². The van der Waals surface area contributed by atoms with Crippen molar-refractivity contribution in [3.63, 3.8) is 0 Å². The molecule has 3 N–H and O–H groups in total. The van der Waals surface area contributed by atoms with Crippen molar-refractivity contribution in [2.45, 2.75) is 115 Å². The third kappa shape index (κ3) is 36.2. The van der Waals surface area contributed by atoms with E-state index in [1.807, 2.05) is 6.92 Å². The van der Waals surface area contributed by atoms with E-state index < -0.39 is 0 Å². The Labute approximate surface area is 249 Å². The molecule has 0 aliphatic rings. The Balaban J connectivity index is -0.000000198. The van der Waals surface area contributed by atoms with E-state index in [1.165, 1.54) is 34.0 Å². The number of aryl methyl sites for hydroxylation is 3. The molecule has 3 rings (SSSR count). The minimum Gasteiger partial charge on any atom is -0.397 e. The first-order valence-corrected chi connectivity index (χ1v) is 15.4. The summed E-state index contributed by atoms with van der Waals surface area (Å²) >= 11 is 3.79. The minimum absolute atomic E-state index is 0.167. The van der Waals surface area contributed by atoms with E-state index in [0.717, 1.165) is 30.4 Å². The molecular formula is C35H65NO2S. The summed E-state index contributed by atoms with van der Waals surface area (Å²) in [5, 5.41) is 17.0. The summed E-state index contributed by atoms with van der Waals surface area (Å²) in [7, 11) is 0. The van der Waals surface area contributed by atoms with Gasteiger partial charge in [0, 0.05) is 29.8 Å². The third-order valence-electron chi connectivity index (χ3n) is 4.40. The van der Waals surface area contributed by atoms with Crippen LogP contribution in [0, 0.1) is 18.8 Å². The van der Waals surface area contributed by atoms with Crippen molar-refractivity contribution in [1.29, 1.82) is 0 Å². The quantitative estimate of drug-likeness (QED) is 0.240. The molecule has 4 heteroatoms. The summed E-state index contributed by atoms with van der Waals surface area (Å²) in [6, 6.07) is 17.1. The van der Waals surface area contributed by atoms with Gasteiger partial charge in [0.2, 0.25) is 0 Å². The van der Waals surface area contributed by atoms with Crippen LogP contribution in [0.2, 0.25) is 0 Å². The number of aliphatic hydroxyl groups excluding tert-OH is 2. The highest BCUT2D eigenvalue weighted by Crippen LogP contribution is 2.17. The van der Waals surface area contributed by atoms with Crippen LogP contribution in [0.1, 0.15) is 106 Å². The maximum absolute atomic E-state index is 8.06. The monoisotopic (exact) mass is 563 g/mol. The second kappa shape index (κ2) is 32.5. The average Bonchev–Trinajstić information content (AvgIpc) is 3.29. The van der Waals surface area contributed by atoms with E-state index in [2.05, 4.69) is 135 Å². The highest BCUT2D eigenvalue weighted by atomic mass is 32.1. The number of rotatable bonds is 3. The number of fused-ring (bicyclic) bond motifs is 1. The van der Waals surface area contributed by atoms with E-state index in [1.54, 1.807) is 20.8 Å². The highest BCUT2D eigenvalue weighted by Gasteiger charge is 1.98. The number of hydrogen-bond acceptors (Lipinski definition) is 3. The first kappa shape index (κ1) is 44.3. The molecule has 0 saturated heterocycles. The number of nitrogens with one attached hydrogen (secondary N) is 1. The number of para-hydroxylation sites is 1. The Morgan fingerprint density at radius 3 is 1.49 bits per heavy atom. The second-order valence-electron chi connectivity index (χ2n) is 10.3. The molecule has 0 atom stereocenters. The number of H-pyrrole nitrogens is 1. The van der Waals surface area contributed by atoms with Crippen molar-refractivity contribution in [1.82, 2.24) is 4.98 Å². The van der Waals surface area contributed by atoms with Gasteiger partial charge in [-0.25, -0.2) is 0 Å². The summed E-state index contributed by atoms with van der Waals surface area (Å²) in [6.45, 7) is 27.0. The summed E-state index contributed by atoms with van der Waals surface area (Å²) in [4.78, 5) is 3.24. The fourth-order valence-electron chi connectivity index (χ4n) is 2.25. The van der Waals surface area contributed by atoms with E-state index in [0.29, 0.717) is 0 Å². The van der Waals surface area contributed by atoms with Gasteiger partial charge in [-0.1, -0.05) is 117 Å². The number of aromatic nitrogens is 1. The van der Waals surface area contributed by atoms with Crippen LogP contribution < -0.4 is 0 Å². The predicted molar refractivity (Wildman–Crippen MR) is 184 cm³/mol. The molecule has 2 aromatic carbocycles. The molecule has 0 bridgehead atoms. The van der Waals surface area contributed by atoms with E-state index in [4.69, 9.17) is 10.2 Å². The van der Waals surface area contributed by atoms with Crippen LogP contribution in [-0.4, -0.2) is 33.7 Å². The summed E-state index contributed by atoms with van der Waals surface area (Å²) in [6.07, 6.45) is 5.47. The standard InChI is InChI=1S/C10H11N.C9H12.C5H12.C4H10.C3H8O.C2H6O.C2H6S/c1-2-8-7-11-10-6-4-3-5-9(8)10;1-3-9-6-4-8(2)5-7-9;1-4-5(2)3;1-4(2)3;1-3(2)4;2*1-2-3/h3-7,11H,2H2,1H3;4-7H,3H2,1-2H3;5H,4H2,1-3H3;4H,1-3H3;3-4H,1-2H3;2*3H,2H2,1H3. The molecule has 0 saturated carbocycles. The number of hydrogen-bond donors (Lipinski definition) is 4. The van der Waals surface area contributed by atoms with Crippen LogP contribution in [0.3, 0.4) is 0 Å². The molecule has 3 aromatic rings. The van der Waals surface area contributed by atoms with Gasteiger partial charge in [0.25, 0.3) is 0 Å². The molecule has 1 aromatic heterocycles. The van der Waals surface area contributed by atoms with Crippen LogP contribution >= 0.6 is 12.6 Å². The fourth-order valence-corrected chi connectivity index (χ4v) is 2.25. The molecular weight excluding hydrogens is 498 g/mol. The Bertz CT molecular complexity index is 826. The average molecular weight is 564 g/mol. The molecule has 0 fully saturated rings. The third-order valence-corrected chi connectivity index (χ3v) is 4.40. The lowest BCUT2D eigenvalue weighted by Crippen LogP contribution is -1.85. The van der Waals surface area contributed by atoms with Gasteiger partial charge in [-0.15, -0.1) is 0 Å². The largest absolute Gasteiger partial charge is 0.397 e. The maximum atomic E-state index is 8.06. The van der Waals surface area contributed by atoms with Crippen LogP contribution in [0.25, 0.3) is 10.9 Å². The lowest BCUT2D eigenvalue weighted by Gasteiger charge is -1.94. The molecule has 0 spiro atoms. The molecule has 228 valence electrons. The van der Waals surface area contributed by atoms with Gasteiger partial charge in [0.15, 0.2) is 0 Å². The summed E-state index contributed by atoms with van der Waals surface area (Å²) in [5.74, 6) is 2.66. The van der Waals surface area contributed by atoms with E-state index in [-0.39, 0.29) is 12.7 Å². The number of aromatic amines is 1. The van der Waals surface area contributed by atoms with Crippen molar-refractivity contribution in [3.05, 3.63) is 71.4 Å². The highest BCUT2D eigenvalue weighted by molar-refractivity contribution is 7.80. The van der Waals surface area contributed by atoms with Crippen molar-refractivity contribution in [3.8, 4) is 0 Å². The Morgan fingerprint density at radius 2 is 1.15 bits per heavy atom. The molecule has 1 heterocycles. The lowest BCUT2D eigenvalue weighted by atomic mass is 10.1. The Hall–Kier alpha value is -1.75. The molecule has 39 heavy (non-hydrogen) atoms. The molecule has 3 nitrogen and oxygen atoms in total. The van der Waals surface area contributed by atoms with E-state index >= 15 is 0 Å². The van der Waals surface area contributed by atoms with Gasteiger partial charge in [0.05, 0.1) is 0 Å². The molecule has 0 aliphatic carbocycles. The fraction of sp³-hybridized carbons (Fsp3) is 0.600. The lowest BCUT2D eigenvalue weighted by molar-refractivity contribution is 0.216. The van der Waals surface area contributed by atoms with Crippen molar-refractivity contribution in [2.75, 3.05) is 12.4 Å². The van der Waals surface area contributed by atoms with Gasteiger partial charge in [-0.3, -0.25) is 0 Å². The first-order chi connectivity index (χ1) is 18.3. The zero-order chi connectivity index (χ0) is 31.2. The predicted octanol–water partition coefficient (Wildman–Crippen LogP) is 10.3. The smallest absolute Gasteiger partial charge is 0.0483 e. The van der Waals surface area contributed by atoms with Crippen LogP contribution in [0.15, 0.2) is 54.7 Å². The summed E-state index contributed by atoms with van der Waals surface area (Å²) < 4.78 is 0. The van der Waals surface area contributed by atoms with Gasteiger partial charge < -0.3 is 15.2 Å². The Kier molecular flexibility index (Phi) is 36.9.